The summed E-state index contributed by atoms with van der Waals surface area (Å²) in [6.07, 6.45) is 5.41. The monoisotopic (exact) mass is 667 g/mol. The van der Waals surface area contributed by atoms with E-state index in [2.05, 4.69) is 16.0 Å². The SMILES string of the molecule is O=C(O)CCCC(=O)NCc1cccc(C(=O)Nc2sc3c(c2C(=O)Nc2ccc(CCc4ccc(C(=O)O)cc4)cc2)CCCC3)c1. The van der Waals surface area contributed by atoms with Crippen LogP contribution in [0.5, 0.6) is 0 Å². The van der Waals surface area contributed by atoms with Crippen LogP contribution >= 0.6 is 11.3 Å². The Labute approximate surface area is 282 Å². The molecule has 48 heavy (non-hydrogen) atoms. The molecule has 3 amide bonds. The number of aliphatic carboxylic acids is 1. The number of benzene rings is 3. The Hall–Kier alpha value is -5.29. The highest BCUT2D eigenvalue weighted by atomic mass is 32.1. The third kappa shape index (κ3) is 9.16. The topological polar surface area (TPSA) is 162 Å². The second kappa shape index (κ2) is 16.0. The number of carbonyl (C=O) groups excluding carboxylic acids is 3. The molecule has 4 aromatic rings. The minimum Gasteiger partial charge on any atom is -0.481 e. The number of hydrogen-bond donors (Lipinski definition) is 5. The summed E-state index contributed by atoms with van der Waals surface area (Å²) in [5.74, 6) is -2.80. The fourth-order valence-electron chi connectivity index (χ4n) is 5.63. The van der Waals surface area contributed by atoms with Gasteiger partial charge in [0, 0.05) is 35.5 Å². The van der Waals surface area contributed by atoms with Crippen molar-refractivity contribution in [2.24, 2.45) is 0 Å². The number of carbonyl (C=O) groups is 5. The molecule has 0 atom stereocenters. The number of amides is 3. The van der Waals surface area contributed by atoms with Gasteiger partial charge in [-0.25, -0.2) is 4.79 Å². The molecule has 1 heterocycles. The lowest BCUT2D eigenvalue weighted by Crippen LogP contribution is -2.23. The van der Waals surface area contributed by atoms with Gasteiger partial charge in [0.05, 0.1) is 11.1 Å². The summed E-state index contributed by atoms with van der Waals surface area (Å²) in [4.78, 5) is 62.0. The Balaban J connectivity index is 1.22. The first-order valence-corrected chi connectivity index (χ1v) is 16.7. The Morgan fingerprint density at radius 2 is 1.40 bits per heavy atom. The van der Waals surface area contributed by atoms with Crippen molar-refractivity contribution >= 4 is 51.7 Å². The van der Waals surface area contributed by atoms with Crippen LogP contribution in [0.4, 0.5) is 10.7 Å². The largest absolute Gasteiger partial charge is 0.481 e. The second-order valence-corrected chi connectivity index (χ2v) is 12.9. The quantitative estimate of drug-likeness (QED) is 0.103. The third-order valence-corrected chi connectivity index (χ3v) is 9.42. The maximum Gasteiger partial charge on any atom is 0.335 e. The zero-order valence-electron chi connectivity index (χ0n) is 26.3. The average Bonchev–Trinajstić information content (AvgIpc) is 3.45. The molecule has 0 saturated carbocycles. The molecule has 0 unspecified atom stereocenters. The number of carboxylic acids is 2. The van der Waals surface area contributed by atoms with E-state index in [9.17, 15) is 24.0 Å². The summed E-state index contributed by atoms with van der Waals surface area (Å²) in [6.45, 7) is 0.201. The molecule has 0 bridgehead atoms. The van der Waals surface area contributed by atoms with Crippen LogP contribution < -0.4 is 16.0 Å². The van der Waals surface area contributed by atoms with Gasteiger partial charge in [0.2, 0.25) is 5.91 Å². The van der Waals surface area contributed by atoms with Gasteiger partial charge in [-0.15, -0.1) is 11.3 Å². The molecule has 0 aliphatic heterocycles. The van der Waals surface area contributed by atoms with Gasteiger partial charge in [0.25, 0.3) is 11.8 Å². The number of aryl methyl sites for hydroxylation is 3. The lowest BCUT2D eigenvalue weighted by molar-refractivity contribution is -0.137. The number of fused-ring (bicyclic) bond motifs is 1. The number of hydrogen-bond acceptors (Lipinski definition) is 6. The maximum absolute atomic E-state index is 13.7. The van der Waals surface area contributed by atoms with Crippen molar-refractivity contribution in [3.05, 3.63) is 117 Å². The fourth-order valence-corrected chi connectivity index (χ4v) is 6.91. The van der Waals surface area contributed by atoms with Crippen molar-refractivity contribution in [1.29, 1.82) is 0 Å². The molecule has 5 rings (SSSR count). The number of thiophene rings is 1. The molecule has 5 N–H and O–H groups in total. The molecular formula is C37H37N3O7S. The van der Waals surface area contributed by atoms with Crippen LogP contribution in [0.3, 0.4) is 0 Å². The highest BCUT2D eigenvalue weighted by molar-refractivity contribution is 7.17. The van der Waals surface area contributed by atoms with Crippen LogP contribution in [0, 0.1) is 0 Å². The summed E-state index contributed by atoms with van der Waals surface area (Å²) in [5.41, 5.74) is 5.59. The first-order chi connectivity index (χ1) is 23.2. The van der Waals surface area contributed by atoms with Gasteiger partial charge < -0.3 is 26.2 Å². The fraction of sp³-hybridized carbons (Fsp3) is 0.270. The molecule has 0 saturated heterocycles. The standard InChI is InChI=1S/C37H37N3O7S/c41-31(9-4-10-32(42)43)38-22-25-5-3-6-27(21-25)34(44)40-36-33(29-7-1-2-8-30(29)48-36)35(45)39-28-19-15-24(16-20-28)12-11-23-13-17-26(18-14-23)37(46)47/h3,5-6,13-21H,1-2,4,7-12,22H2,(H,38,41)(H,39,45)(H,40,44)(H,42,43)(H,46,47). The molecule has 0 radical (unpaired) electrons. The summed E-state index contributed by atoms with van der Waals surface area (Å²) >= 11 is 1.44. The molecule has 1 aliphatic rings. The first-order valence-electron chi connectivity index (χ1n) is 15.9. The summed E-state index contributed by atoms with van der Waals surface area (Å²) in [7, 11) is 0. The van der Waals surface area contributed by atoms with E-state index >= 15 is 0 Å². The van der Waals surface area contributed by atoms with Crippen molar-refractivity contribution in [2.45, 2.75) is 64.3 Å². The van der Waals surface area contributed by atoms with Crippen molar-refractivity contribution in [3.8, 4) is 0 Å². The number of anilines is 2. The van der Waals surface area contributed by atoms with Crippen LogP contribution in [0.2, 0.25) is 0 Å². The Bertz CT molecular complexity index is 1810. The number of nitrogens with one attached hydrogen (secondary N) is 3. The number of carboxylic acid groups (broad SMARTS) is 2. The molecular weight excluding hydrogens is 630 g/mol. The first kappa shape index (κ1) is 34.1. The van der Waals surface area contributed by atoms with E-state index in [1.807, 2.05) is 36.4 Å². The number of rotatable bonds is 14. The van der Waals surface area contributed by atoms with Gasteiger partial charge in [0.15, 0.2) is 0 Å². The van der Waals surface area contributed by atoms with E-state index in [-0.39, 0.29) is 49.1 Å². The van der Waals surface area contributed by atoms with Gasteiger partial charge in [0.1, 0.15) is 5.00 Å². The zero-order valence-corrected chi connectivity index (χ0v) is 27.2. The van der Waals surface area contributed by atoms with Crippen LogP contribution in [0.25, 0.3) is 0 Å². The van der Waals surface area contributed by atoms with E-state index in [1.165, 1.54) is 11.3 Å². The molecule has 1 aliphatic carbocycles. The van der Waals surface area contributed by atoms with Crippen molar-refractivity contribution in [1.82, 2.24) is 5.32 Å². The van der Waals surface area contributed by atoms with Gasteiger partial charge in [-0.3, -0.25) is 19.2 Å². The van der Waals surface area contributed by atoms with Crippen molar-refractivity contribution in [3.63, 3.8) is 0 Å². The molecule has 10 nitrogen and oxygen atoms in total. The van der Waals surface area contributed by atoms with E-state index in [0.717, 1.165) is 65.7 Å². The van der Waals surface area contributed by atoms with Crippen LogP contribution in [0.15, 0.2) is 72.8 Å². The minimum atomic E-state index is -0.949. The van der Waals surface area contributed by atoms with E-state index in [4.69, 9.17) is 10.2 Å². The Kier molecular flexibility index (Phi) is 11.4. The van der Waals surface area contributed by atoms with Gasteiger partial charge in [-0.1, -0.05) is 36.4 Å². The molecule has 0 spiro atoms. The molecule has 11 heteroatoms. The van der Waals surface area contributed by atoms with E-state index < -0.39 is 11.9 Å². The van der Waals surface area contributed by atoms with Gasteiger partial charge >= 0.3 is 11.9 Å². The number of aromatic carboxylic acids is 1. The smallest absolute Gasteiger partial charge is 0.335 e. The third-order valence-electron chi connectivity index (χ3n) is 8.21. The van der Waals surface area contributed by atoms with E-state index in [0.29, 0.717) is 21.8 Å². The lowest BCUT2D eigenvalue weighted by atomic mass is 9.95. The summed E-state index contributed by atoms with van der Waals surface area (Å²) < 4.78 is 0. The average molecular weight is 668 g/mol. The Morgan fingerprint density at radius 1 is 0.708 bits per heavy atom. The minimum absolute atomic E-state index is 0.0723. The van der Waals surface area contributed by atoms with Crippen LogP contribution in [-0.4, -0.2) is 39.9 Å². The van der Waals surface area contributed by atoms with E-state index in [1.54, 1.807) is 36.4 Å². The Morgan fingerprint density at radius 3 is 2.08 bits per heavy atom. The van der Waals surface area contributed by atoms with Crippen LogP contribution in [-0.2, 0) is 41.8 Å². The van der Waals surface area contributed by atoms with Crippen molar-refractivity contribution < 1.29 is 34.2 Å². The highest BCUT2D eigenvalue weighted by Crippen LogP contribution is 2.39. The lowest BCUT2D eigenvalue weighted by Gasteiger charge is -2.14. The summed E-state index contributed by atoms with van der Waals surface area (Å²) in [5, 5.41) is 27.1. The second-order valence-electron chi connectivity index (χ2n) is 11.7. The highest BCUT2D eigenvalue weighted by Gasteiger charge is 2.27. The normalized spacial score (nSPS) is 12.1. The van der Waals surface area contributed by atoms with Crippen LogP contribution in [0.1, 0.15) is 90.3 Å². The van der Waals surface area contributed by atoms with Crippen molar-refractivity contribution in [2.75, 3.05) is 10.6 Å². The summed E-state index contributed by atoms with van der Waals surface area (Å²) in [6, 6.07) is 21.4. The molecule has 0 fully saturated rings. The molecule has 1 aromatic heterocycles. The predicted octanol–water partition coefficient (Wildman–Crippen LogP) is 6.49. The molecule has 3 aromatic carbocycles. The zero-order chi connectivity index (χ0) is 34.0. The predicted molar refractivity (Wildman–Crippen MR) is 184 cm³/mol. The maximum atomic E-state index is 13.7. The van der Waals surface area contributed by atoms with Gasteiger partial charge in [-0.2, -0.15) is 0 Å². The molecule has 248 valence electrons. The van der Waals surface area contributed by atoms with Gasteiger partial charge in [-0.05, 0) is 104 Å².